The highest BCUT2D eigenvalue weighted by molar-refractivity contribution is 7.99. The molecule has 2 aromatic rings. The molecule has 0 unspecified atom stereocenters. The van der Waals surface area contributed by atoms with Crippen molar-refractivity contribution in [1.29, 1.82) is 0 Å². The number of amides is 1. The summed E-state index contributed by atoms with van der Waals surface area (Å²) in [6.07, 6.45) is 2.19. The van der Waals surface area contributed by atoms with E-state index in [1.165, 1.54) is 23.3 Å². The fourth-order valence-corrected chi connectivity index (χ4v) is 4.81. The van der Waals surface area contributed by atoms with Gasteiger partial charge in [0, 0.05) is 18.8 Å². The monoisotopic (exact) mass is 400 g/mol. The Labute approximate surface area is 171 Å². The summed E-state index contributed by atoms with van der Waals surface area (Å²) in [4.78, 5) is 17.4. The standard InChI is InChI=1S/C23H29FN2OS/c1-3-4-13-25(16-20-8-6-5-7-18(20)2)17-22(27)26-14-15-28-23(26)19-9-11-21(24)12-10-19/h5-12,23H,3-4,13-17H2,1-2H3/t23-/m0/s1. The van der Waals surface area contributed by atoms with Gasteiger partial charge in [-0.3, -0.25) is 9.69 Å². The number of carbonyl (C=O) groups excluding carboxylic acids is 1. The first-order valence-electron chi connectivity index (χ1n) is 10.0. The lowest BCUT2D eigenvalue weighted by Crippen LogP contribution is -2.40. The molecule has 1 aliphatic rings. The number of nitrogens with zero attached hydrogens (tertiary/aromatic N) is 2. The Morgan fingerprint density at radius 1 is 1.21 bits per heavy atom. The number of halogens is 1. The molecule has 1 saturated heterocycles. The first kappa shape index (κ1) is 20.9. The number of rotatable bonds is 8. The zero-order valence-corrected chi connectivity index (χ0v) is 17.6. The topological polar surface area (TPSA) is 23.6 Å². The fraction of sp³-hybridized carbons (Fsp3) is 0.435. The Morgan fingerprint density at radius 2 is 1.96 bits per heavy atom. The van der Waals surface area contributed by atoms with E-state index in [-0.39, 0.29) is 17.1 Å². The molecule has 0 spiro atoms. The number of carbonyl (C=O) groups is 1. The van der Waals surface area contributed by atoms with E-state index < -0.39 is 0 Å². The number of unbranched alkanes of at least 4 members (excludes halogenated alkanes) is 1. The molecule has 2 aromatic carbocycles. The highest BCUT2D eigenvalue weighted by Crippen LogP contribution is 2.38. The van der Waals surface area contributed by atoms with Crippen molar-refractivity contribution < 1.29 is 9.18 Å². The zero-order chi connectivity index (χ0) is 19.9. The molecule has 5 heteroatoms. The minimum Gasteiger partial charge on any atom is -0.325 e. The van der Waals surface area contributed by atoms with Crippen LogP contribution in [0.2, 0.25) is 0 Å². The summed E-state index contributed by atoms with van der Waals surface area (Å²) in [7, 11) is 0. The van der Waals surface area contributed by atoms with Gasteiger partial charge in [-0.25, -0.2) is 4.39 Å². The summed E-state index contributed by atoms with van der Waals surface area (Å²) in [5, 5.41) is -0.0143. The van der Waals surface area contributed by atoms with Crippen molar-refractivity contribution in [2.45, 2.75) is 38.6 Å². The molecule has 1 atom stereocenters. The molecule has 0 saturated carbocycles. The Kier molecular flexibility index (Phi) is 7.51. The smallest absolute Gasteiger partial charge is 0.237 e. The van der Waals surface area contributed by atoms with Crippen molar-refractivity contribution in [1.82, 2.24) is 9.80 Å². The second-order valence-electron chi connectivity index (χ2n) is 7.35. The molecular weight excluding hydrogens is 371 g/mol. The van der Waals surface area contributed by atoms with E-state index in [2.05, 4.69) is 43.0 Å². The minimum atomic E-state index is -0.242. The third-order valence-corrected chi connectivity index (χ3v) is 6.47. The van der Waals surface area contributed by atoms with Crippen molar-refractivity contribution >= 4 is 17.7 Å². The second-order valence-corrected chi connectivity index (χ2v) is 8.54. The van der Waals surface area contributed by atoms with E-state index in [0.717, 1.165) is 43.8 Å². The van der Waals surface area contributed by atoms with Crippen LogP contribution in [0.3, 0.4) is 0 Å². The number of hydrogen-bond donors (Lipinski definition) is 0. The SMILES string of the molecule is CCCCN(CC(=O)N1CCS[C@H]1c1ccc(F)cc1)Cc1ccccc1C. The molecule has 28 heavy (non-hydrogen) atoms. The molecule has 0 aliphatic carbocycles. The maximum Gasteiger partial charge on any atom is 0.237 e. The van der Waals surface area contributed by atoms with Crippen LogP contribution in [0.4, 0.5) is 4.39 Å². The third-order valence-electron chi connectivity index (χ3n) is 5.21. The van der Waals surface area contributed by atoms with Gasteiger partial charge in [0.15, 0.2) is 0 Å². The van der Waals surface area contributed by atoms with Gasteiger partial charge in [-0.1, -0.05) is 49.7 Å². The first-order chi connectivity index (χ1) is 13.6. The van der Waals surface area contributed by atoms with Gasteiger partial charge in [-0.2, -0.15) is 0 Å². The predicted octanol–water partition coefficient (Wildman–Crippen LogP) is 5.01. The van der Waals surface area contributed by atoms with E-state index >= 15 is 0 Å². The Balaban J connectivity index is 1.69. The lowest BCUT2D eigenvalue weighted by atomic mass is 10.1. The van der Waals surface area contributed by atoms with Crippen molar-refractivity contribution in [3.05, 3.63) is 71.0 Å². The average molecular weight is 401 g/mol. The molecule has 3 nitrogen and oxygen atoms in total. The average Bonchev–Trinajstić information content (AvgIpc) is 3.18. The zero-order valence-electron chi connectivity index (χ0n) is 16.7. The van der Waals surface area contributed by atoms with Gasteiger partial charge >= 0.3 is 0 Å². The van der Waals surface area contributed by atoms with Crippen molar-refractivity contribution in [3.8, 4) is 0 Å². The van der Waals surface area contributed by atoms with Gasteiger partial charge < -0.3 is 4.90 Å². The lowest BCUT2D eigenvalue weighted by Gasteiger charge is -2.28. The number of benzene rings is 2. The lowest BCUT2D eigenvalue weighted by molar-refractivity contribution is -0.132. The molecule has 1 amide bonds. The van der Waals surface area contributed by atoms with Crippen LogP contribution >= 0.6 is 11.8 Å². The molecule has 0 bridgehead atoms. The first-order valence-corrected chi connectivity index (χ1v) is 11.1. The van der Waals surface area contributed by atoms with E-state index in [9.17, 15) is 9.18 Å². The van der Waals surface area contributed by atoms with Gasteiger partial charge in [-0.05, 0) is 48.7 Å². The molecule has 0 radical (unpaired) electrons. The van der Waals surface area contributed by atoms with E-state index in [4.69, 9.17) is 0 Å². The number of thioether (sulfide) groups is 1. The van der Waals surface area contributed by atoms with Crippen molar-refractivity contribution in [2.75, 3.05) is 25.4 Å². The van der Waals surface area contributed by atoms with Gasteiger partial charge in [0.2, 0.25) is 5.91 Å². The predicted molar refractivity (Wildman–Crippen MR) is 115 cm³/mol. The molecule has 1 heterocycles. The molecular formula is C23H29FN2OS. The van der Waals surface area contributed by atoms with Gasteiger partial charge in [0.05, 0.1) is 6.54 Å². The normalized spacial score (nSPS) is 16.7. The summed E-state index contributed by atoms with van der Waals surface area (Å²) in [5.74, 6) is 0.832. The molecule has 1 fully saturated rings. The summed E-state index contributed by atoms with van der Waals surface area (Å²) in [6, 6.07) is 14.9. The summed E-state index contributed by atoms with van der Waals surface area (Å²) in [5.41, 5.74) is 3.53. The molecule has 1 aliphatic heterocycles. The van der Waals surface area contributed by atoms with Crippen molar-refractivity contribution in [3.63, 3.8) is 0 Å². The quantitative estimate of drug-likeness (QED) is 0.622. The van der Waals surface area contributed by atoms with E-state index in [0.29, 0.717) is 6.54 Å². The molecule has 3 rings (SSSR count). The van der Waals surface area contributed by atoms with Crippen LogP contribution in [0.25, 0.3) is 0 Å². The van der Waals surface area contributed by atoms with Crippen LogP contribution < -0.4 is 0 Å². The summed E-state index contributed by atoms with van der Waals surface area (Å²) in [6.45, 7) is 7.18. The minimum absolute atomic E-state index is 0.0143. The fourth-order valence-electron chi connectivity index (χ4n) is 3.54. The van der Waals surface area contributed by atoms with Crippen molar-refractivity contribution in [2.24, 2.45) is 0 Å². The summed E-state index contributed by atoms with van der Waals surface area (Å²) >= 11 is 1.75. The molecule has 150 valence electrons. The number of hydrogen-bond acceptors (Lipinski definition) is 3. The second kappa shape index (κ2) is 10.1. The molecule has 0 N–H and O–H groups in total. The Hall–Kier alpha value is -1.85. The van der Waals surface area contributed by atoms with Gasteiger partial charge in [-0.15, -0.1) is 11.8 Å². The van der Waals surface area contributed by atoms with E-state index in [1.807, 2.05) is 4.90 Å². The van der Waals surface area contributed by atoms with E-state index in [1.54, 1.807) is 23.9 Å². The largest absolute Gasteiger partial charge is 0.325 e. The van der Waals surface area contributed by atoms with Crippen LogP contribution in [0.5, 0.6) is 0 Å². The molecule has 0 aromatic heterocycles. The third kappa shape index (κ3) is 5.36. The van der Waals surface area contributed by atoms with Crippen LogP contribution in [-0.2, 0) is 11.3 Å². The Morgan fingerprint density at radius 3 is 2.68 bits per heavy atom. The van der Waals surface area contributed by atoms with Crippen LogP contribution in [0, 0.1) is 12.7 Å². The van der Waals surface area contributed by atoms with Crippen LogP contribution in [0.15, 0.2) is 48.5 Å². The van der Waals surface area contributed by atoms with Gasteiger partial charge in [0.1, 0.15) is 11.2 Å². The maximum atomic E-state index is 13.3. The highest BCUT2D eigenvalue weighted by Gasteiger charge is 2.31. The highest BCUT2D eigenvalue weighted by atomic mass is 32.2. The Bertz CT molecular complexity index is 780. The van der Waals surface area contributed by atoms with Crippen LogP contribution in [0.1, 0.15) is 41.8 Å². The van der Waals surface area contributed by atoms with Gasteiger partial charge in [0.25, 0.3) is 0 Å². The maximum absolute atomic E-state index is 13.3. The van der Waals surface area contributed by atoms with Crippen LogP contribution in [-0.4, -0.2) is 41.1 Å². The number of aryl methyl sites for hydroxylation is 1. The summed E-state index contributed by atoms with van der Waals surface area (Å²) < 4.78 is 13.3.